The average Bonchev–Trinajstić information content (AvgIpc) is 2.26. The van der Waals surface area contributed by atoms with Gasteiger partial charge in [0.15, 0.2) is 0 Å². The average molecular weight is 321 g/mol. The number of hydrogen-bond acceptors (Lipinski definition) is 0. The van der Waals surface area contributed by atoms with E-state index >= 15 is 0 Å². The summed E-state index contributed by atoms with van der Waals surface area (Å²) in [6.45, 7) is 8.31. The lowest BCUT2D eigenvalue weighted by molar-refractivity contribution is 0.626. The van der Waals surface area contributed by atoms with E-state index < -0.39 is 0 Å². The molecule has 0 N–H and O–H groups in total. The lowest BCUT2D eigenvalue weighted by Gasteiger charge is -2.19. The van der Waals surface area contributed by atoms with Crippen LogP contribution in [0.4, 0.5) is 4.39 Å². The molecule has 2 rings (SSSR count). The van der Waals surface area contributed by atoms with Crippen molar-refractivity contribution in [2.24, 2.45) is 0 Å². The van der Waals surface area contributed by atoms with Gasteiger partial charge in [-0.1, -0.05) is 39.7 Å². The summed E-state index contributed by atoms with van der Waals surface area (Å²) in [5, 5.41) is 0. The lowest BCUT2D eigenvalue weighted by atomic mass is 9.92. The van der Waals surface area contributed by atoms with Crippen molar-refractivity contribution in [2.75, 3.05) is 0 Å². The molecule has 0 amide bonds. The molecule has 0 saturated carbocycles. The highest BCUT2D eigenvalue weighted by Gasteiger charge is 2.17. The molecule has 1 unspecified atom stereocenters. The molecule has 1 atom stereocenters. The second-order valence-electron chi connectivity index (χ2n) is 5.18. The molecule has 0 nitrogen and oxygen atoms in total. The Labute approximate surface area is 122 Å². The first-order valence-electron chi connectivity index (χ1n) is 6.38. The summed E-state index contributed by atoms with van der Waals surface area (Å²) in [5.74, 6) is -0.182. The first-order valence-corrected chi connectivity index (χ1v) is 7.29. The van der Waals surface area contributed by atoms with Crippen LogP contribution in [0.5, 0.6) is 0 Å². The third-order valence-corrected chi connectivity index (χ3v) is 4.45. The molecule has 2 aromatic rings. The van der Waals surface area contributed by atoms with Crippen LogP contribution in [0.2, 0.25) is 0 Å². The fourth-order valence-corrected chi connectivity index (χ4v) is 3.91. The number of rotatable bonds is 2. The number of halogens is 2. The van der Waals surface area contributed by atoms with Crippen LogP contribution in [-0.4, -0.2) is 0 Å². The molecule has 0 spiro atoms. The Kier molecular flexibility index (Phi) is 4.10. The van der Waals surface area contributed by atoms with Gasteiger partial charge in [0.05, 0.1) is 4.83 Å². The van der Waals surface area contributed by atoms with Crippen molar-refractivity contribution in [2.45, 2.75) is 32.5 Å². The third-order valence-electron chi connectivity index (χ3n) is 3.50. The summed E-state index contributed by atoms with van der Waals surface area (Å²) in [6.07, 6.45) is 0. The van der Waals surface area contributed by atoms with Gasteiger partial charge in [0.2, 0.25) is 0 Å². The predicted octanol–water partition coefficient (Wildman–Crippen LogP) is 5.54. The molecule has 0 fully saturated rings. The Balaban J connectivity index is 2.53. The molecule has 19 heavy (non-hydrogen) atoms. The summed E-state index contributed by atoms with van der Waals surface area (Å²) >= 11 is 3.77. The van der Waals surface area contributed by atoms with Gasteiger partial charge in [0.25, 0.3) is 0 Å². The second kappa shape index (κ2) is 5.46. The van der Waals surface area contributed by atoms with E-state index in [1.807, 2.05) is 13.0 Å². The van der Waals surface area contributed by atoms with Gasteiger partial charge in [-0.2, -0.15) is 0 Å². The number of hydrogen-bond donors (Lipinski definition) is 0. The molecule has 0 aliphatic rings. The maximum absolute atomic E-state index is 13.2. The van der Waals surface area contributed by atoms with E-state index in [1.54, 1.807) is 6.07 Å². The largest absolute Gasteiger partial charge is 0.207 e. The Hall–Kier alpha value is -1.15. The molecular formula is C17H18BrF. The van der Waals surface area contributed by atoms with Gasteiger partial charge >= 0.3 is 0 Å². The molecule has 2 aromatic carbocycles. The van der Waals surface area contributed by atoms with Crippen molar-refractivity contribution in [1.29, 1.82) is 0 Å². The summed E-state index contributed by atoms with van der Waals surface area (Å²) < 4.78 is 13.2. The fourth-order valence-electron chi connectivity index (χ4n) is 2.67. The van der Waals surface area contributed by atoms with E-state index in [0.29, 0.717) is 0 Å². The van der Waals surface area contributed by atoms with Gasteiger partial charge in [0.1, 0.15) is 5.82 Å². The van der Waals surface area contributed by atoms with Gasteiger partial charge in [-0.15, -0.1) is 0 Å². The van der Waals surface area contributed by atoms with E-state index in [0.717, 1.165) is 11.1 Å². The van der Waals surface area contributed by atoms with Crippen molar-refractivity contribution >= 4 is 15.9 Å². The summed E-state index contributed by atoms with van der Waals surface area (Å²) in [7, 11) is 0. The standard InChI is InChI=1S/C17H18BrF/c1-10-7-12(3)16(13(4)8-10)17(18)15-6-5-14(19)9-11(15)2/h5-9,17H,1-4H3. The quantitative estimate of drug-likeness (QED) is 0.637. The Morgan fingerprint density at radius 3 is 2.00 bits per heavy atom. The van der Waals surface area contributed by atoms with Gasteiger partial charge in [0, 0.05) is 0 Å². The summed E-state index contributed by atoms with van der Waals surface area (Å²) in [5.41, 5.74) is 7.18. The molecule has 0 aromatic heterocycles. The van der Waals surface area contributed by atoms with Crippen LogP contribution in [0.1, 0.15) is 38.2 Å². The second-order valence-corrected chi connectivity index (χ2v) is 6.09. The fraction of sp³-hybridized carbons (Fsp3) is 0.294. The highest BCUT2D eigenvalue weighted by Crippen LogP contribution is 2.37. The summed E-state index contributed by atoms with van der Waals surface area (Å²) in [6, 6.07) is 9.35. The zero-order valence-electron chi connectivity index (χ0n) is 11.7. The molecule has 100 valence electrons. The molecule has 0 aliphatic carbocycles. The maximum atomic E-state index is 13.2. The van der Waals surface area contributed by atoms with E-state index in [4.69, 9.17) is 0 Å². The first kappa shape index (κ1) is 14.3. The molecular weight excluding hydrogens is 303 g/mol. The van der Waals surface area contributed by atoms with Crippen molar-refractivity contribution < 1.29 is 4.39 Å². The zero-order chi connectivity index (χ0) is 14.2. The van der Waals surface area contributed by atoms with Crippen LogP contribution in [0.25, 0.3) is 0 Å². The van der Waals surface area contributed by atoms with E-state index in [-0.39, 0.29) is 10.6 Å². The minimum absolute atomic E-state index is 0.105. The number of benzene rings is 2. The maximum Gasteiger partial charge on any atom is 0.123 e. The summed E-state index contributed by atoms with van der Waals surface area (Å²) in [4.78, 5) is 0.105. The normalized spacial score (nSPS) is 12.5. The van der Waals surface area contributed by atoms with Crippen LogP contribution in [-0.2, 0) is 0 Å². The van der Waals surface area contributed by atoms with Crippen molar-refractivity contribution in [3.05, 3.63) is 69.5 Å². The van der Waals surface area contributed by atoms with E-state index in [1.165, 1.54) is 28.3 Å². The van der Waals surface area contributed by atoms with Crippen molar-refractivity contribution in [3.63, 3.8) is 0 Å². The van der Waals surface area contributed by atoms with Gasteiger partial charge in [-0.25, -0.2) is 4.39 Å². The monoisotopic (exact) mass is 320 g/mol. The first-order chi connectivity index (χ1) is 8.90. The van der Waals surface area contributed by atoms with Crippen LogP contribution < -0.4 is 0 Å². The minimum atomic E-state index is -0.182. The molecule has 0 aliphatic heterocycles. The van der Waals surface area contributed by atoms with Gasteiger partial charge < -0.3 is 0 Å². The van der Waals surface area contributed by atoms with Crippen molar-refractivity contribution in [3.8, 4) is 0 Å². The molecule has 0 heterocycles. The molecule has 0 radical (unpaired) electrons. The third kappa shape index (κ3) is 2.89. The highest BCUT2D eigenvalue weighted by atomic mass is 79.9. The predicted molar refractivity (Wildman–Crippen MR) is 82.6 cm³/mol. The smallest absolute Gasteiger partial charge is 0.123 e. The number of alkyl halides is 1. The van der Waals surface area contributed by atoms with Crippen LogP contribution in [0.3, 0.4) is 0 Å². The minimum Gasteiger partial charge on any atom is -0.207 e. The molecule has 2 heteroatoms. The molecule has 0 saturated heterocycles. The van der Waals surface area contributed by atoms with Gasteiger partial charge in [-0.3, -0.25) is 0 Å². The topological polar surface area (TPSA) is 0 Å². The highest BCUT2D eigenvalue weighted by molar-refractivity contribution is 9.09. The van der Waals surface area contributed by atoms with Crippen molar-refractivity contribution in [1.82, 2.24) is 0 Å². The van der Waals surface area contributed by atoms with Gasteiger partial charge in [-0.05, 0) is 67.6 Å². The zero-order valence-corrected chi connectivity index (χ0v) is 13.3. The SMILES string of the molecule is Cc1cc(C)c(C(Br)c2ccc(F)cc2C)c(C)c1. The van der Waals surface area contributed by atoms with Crippen LogP contribution in [0.15, 0.2) is 30.3 Å². The van der Waals surface area contributed by atoms with Crippen LogP contribution >= 0.6 is 15.9 Å². The Morgan fingerprint density at radius 2 is 1.47 bits per heavy atom. The lowest BCUT2D eigenvalue weighted by Crippen LogP contribution is -2.02. The van der Waals surface area contributed by atoms with E-state index in [9.17, 15) is 4.39 Å². The van der Waals surface area contributed by atoms with Crippen LogP contribution in [0, 0.1) is 33.5 Å². The Morgan fingerprint density at radius 1 is 0.895 bits per heavy atom. The number of aryl methyl sites for hydroxylation is 4. The Bertz CT molecular complexity index is 594. The molecule has 0 bridgehead atoms. The van der Waals surface area contributed by atoms with E-state index in [2.05, 4.69) is 48.8 Å².